The molecule has 2 aromatic rings. The Morgan fingerprint density at radius 2 is 2.09 bits per heavy atom. The van der Waals surface area contributed by atoms with Gasteiger partial charge in [0.15, 0.2) is 0 Å². The first-order valence-corrected chi connectivity index (χ1v) is 5.35. The van der Waals surface area contributed by atoms with E-state index in [1.165, 1.54) is 12.7 Å². The average Bonchev–Trinajstić information content (AvgIpc) is 2.31. The van der Waals surface area contributed by atoms with Gasteiger partial charge in [0.2, 0.25) is 0 Å². The van der Waals surface area contributed by atoms with Crippen molar-refractivity contribution >= 4 is 50.7 Å². The highest BCUT2D eigenvalue weighted by Gasteiger charge is 1.98. The lowest BCUT2D eigenvalue weighted by atomic mass is 10.4. The van der Waals surface area contributed by atoms with Gasteiger partial charge in [0, 0.05) is 19.5 Å². The molecule has 2 heterocycles. The molecule has 0 saturated carbocycles. The number of pyridine rings is 1. The van der Waals surface area contributed by atoms with Crippen LogP contribution in [0.15, 0.2) is 30.6 Å². The summed E-state index contributed by atoms with van der Waals surface area (Å²) in [4.78, 5) is 0. The van der Waals surface area contributed by atoms with Gasteiger partial charge in [-0.1, -0.05) is 0 Å². The van der Waals surface area contributed by atoms with Crippen molar-refractivity contribution in [2.45, 2.75) is 0 Å². The van der Waals surface area contributed by atoms with Crippen LogP contribution >= 0.6 is 45.2 Å². The largest absolute Gasteiger partial charge is 0.322 e. The van der Waals surface area contributed by atoms with Crippen molar-refractivity contribution in [3.8, 4) is 0 Å². The molecule has 2 aromatic heterocycles. The van der Waals surface area contributed by atoms with Crippen molar-refractivity contribution in [2.75, 3.05) is 0 Å². The van der Waals surface area contributed by atoms with Crippen molar-refractivity contribution in [2.24, 2.45) is 0 Å². The van der Waals surface area contributed by atoms with Gasteiger partial charge in [-0.25, -0.2) is 0 Å². The van der Waals surface area contributed by atoms with Crippen LogP contribution < -0.4 is 0 Å². The van der Waals surface area contributed by atoms with Crippen LogP contribution in [0.2, 0.25) is 0 Å². The van der Waals surface area contributed by atoms with E-state index in [4.69, 9.17) is 0 Å². The summed E-state index contributed by atoms with van der Waals surface area (Å²) in [6, 6.07) is 6.36. The molecule has 0 saturated heterocycles. The molecule has 0 aliphatic rings. The zero-order valence-electron chi connectivity index (χ0n) is 5.59. The van der Waals surface area contributed by atoms with Crippen LogP contribution in [-0.2, 0) is 0 Å². The summed E-state index contributed by atoms with van der Waals surface area (Å²) >= 11 is 4.67. The van der Waals surface area contributed by atoms with Gasteiger partial charge in [-0.05, 0) is 63.4 Å². The summed E-state index contributed by atoms with van der Waals surface area (Å²) in [5.41, 5.74) is 1.29. The number of aromatic nitrogens is 1. The third-order valence-corrected chi connectivity index (χ3v) is 3.05. The third kappa shape index (κ3) is 1.40. The molecule has 2 rings (SSSR count). The van der Waals surface area contributed by atoms with Gasteiger partial charge in [0.05, 0.1) is 5.52 Å². The Hall–Kier alpha value is 0.220. The van der Waals surface area contributed by atoms with Crippen molar-refractivity contribution in [3.63, 3.8) is 0 Å². The minimum Gasteiger partial charge on any atom is -0.322 e. The van der Waals surface area contributed by atoms with Gasteiger partial charge in [0.25, 0.3) is 0 Å². The van der Waals surface area contributed by atoms with Gasteiger partial charge in [-0.3, -0.25) is 0 Å². The van der Waals surface area contributed by atoms with Gasteiger partial charge < -0.3 is 4.40 Å². The summed E-state index contributed by atoms with van der Waals surface area (Å²) in [5.74, 6) is 0. The smallest absolute Gasteiger partial charge is 0.0594 e. The fourth-order valence-corrected chi connectivity index (χ4v) is 2.30. The molecule has 0 aromatic carbocycles. The Bertz CT molecular complexity index is 392. The molecule has 56 valence electrons. The van der Waals surface area contributed by atoms with Crippen LogP contribution in [0.25, 0.3) is 5.52 Å². The lowest BCUT2D eigenvalue weighted by molar-refractivity contribution is 1.19. The Labute approximate surface area is 92.1 Å². The fraction of sp³-hybridized carbons (Fsp3) is 0. The average molecular weight is 369 g/mol. The Morgan fingerprint density at radius 3 is 2.82 bits per heavy atom. The summed E-state index contributed by atoms with van der Waals surface area (Å²) in [7, 11) is 0. The van der Waals surface area contributed by atoms with Crippen molar-refractivity contribution in [3.05, 3.63) is 37.7 Å². The molecule has 0 radical (unpaired) electrons. The van der Waals surface area contributed by atoms with Crippen LogP contribution in [0.3, 0.4) is 0 Å². The van der Waals surface area contributed by atoms with Crippen molar-refractivity contribution in [1.29, 1.82) is 0 Å². The SMILES string of the molecule is Ic1cc2c(I)cccn2c1. The molecule has 0 unspecified atom stereocenters. The van der Waals surface area contributed by atoms with Crippen LogP contribution in [0.5, 0.6) is 0 Å². The molecule has 0 atom stereocenters. The summed E-state index contributed by atoms with van der Waals surface area (Å²) in [6.45, 7) is 0. The second kappa shape index (κ2) is 2.93. The first-order chi connectivity index (χ1) is 5.27. The molecule has 0 aliphatic carbocycles. The highest BCUT2D eigenvalue weighted by Crippen LogP contribution is 2.17. The van der Waals surface area contributed by atoms with Crippen LogP contribution in [0.4, 0.5) is 0 Å². The lowest BCUT2D eigenvalue weighted by Gasteiger charge is -1.94. The van der Waals surface area contributed by atoms with Crippen LogP contribution in [0.1, 0.15) is 0 Å². The van der Waals surface area contributed by atoms with Crippen molar-refractivity contribution < 1.29 is 0 Å². The molecule has 0 spiro atoms. The van der Waals surface area contributed by atoms with E-state index in [0.717, 1.165) is 0 Å². The first-order valence-electron chi connectivity index (χ1n) is 3.19. The van der Waals surface area contributed by atoms with Gasteiger partial charge >= 0.3 is 0 Å². The number of nitrogens with zero attached hydrogens (tertiary/aromatic N) is 1. The van der Waals surface area contributed by atoms with E-state index in [-0.39, 0.29) is 0 Å². The standard InChI is InChI=1S/C8H5I2N/c9-6-4-8-7(10)2-1-3-11(8)5-6/h1-5H. The molecule has 0 amide bonds. The minimum atomic E-state index is 1.28. The molecule has 0 aliphatic heterocycles. The Morgan fingerprint density at radius 1 is 1.27 bits per heavy atom. The Kier molecular flexibility index (Phi) is 2.09. The quantitative estimate of drug-likeness (QED) is 0.629. The zero-order chi connectivity index (χ0) is 7.84. The molecule has 1 nitrogen and oxygen atoms in total. The van der Waals surface area contributed by atoms with Gasteiger partial charge in [-0.15, -0.1) is 0 Å². The number of rotatable bonds is 0. The second-order valence-corrected chi connectivity index (χ2v) is 4.71. The van der Waals surface area contributed by atoms with Crippen molar-refractivity contribution in [1.82, 2.24) is 4.40 Å². The number of hydrogen-bond acceptors (Lipinski definition) is 0. The molecule has 0 bridgehead atoms. The minimum absolute atomic E-state index is 1.28. The summed E-state index contributed by atoms with van der Waals surface area (Å²) in [6.07, 6.45) is 4.19. The van der Waals surface area contributed by atoms with E-state index in [0.29, 0.717) is 0 Å². The van der Waals surface area contributed by atoms with E-state index < -0.39 is 0 Å². The van der Waals surface area contributed by atoms with Crippen LogP contribution in [0, 0.1) is 7.14 Å². The monoisotopic (exact) mass is 369 g/mol. The van der Waals surface area contributed by atoms with Crippen LogP contribution in [-0.4, -0.2) is 4.40 Å². The Balaban J connectivity index is 2.90. The number of halogens is 2. The topological polar surface area (TPSA) is 4.41 Å². The maximum atomic E-state index is 2.35. The predicted molar refractivity (Wildman–Crippen MR) is 62.8 cm³/mol. The van der Waals surface area contributed by atoms with E-state index >= 15 is 0 Å². The first kappa shape index (κ1) is 7.85. The second-order valence-electron chi connectivity index (χ2n) is 2.31. The maximum absolute atomic E-state index is 2.35. The van der Waals surface area contributed by atoms with Gasteiger partial charge in [-0.2, -0.15) is 0 Å². The molecule has 3 heteroatoms. The molecule has 0 fully saturated rings. The maximum Gasteiger partial charge on any atom is 0.0594 e. The predicted octanol–water partition coefficient (Wildman–Crippen LogP) is 3.15. The number of hydrogen-bond donors (Lipinski definition) is 0. The van der Waals surface area contributed by atoms with E-state index in [2.05, 4.69) is 80.2 Å². The third-order valence-electron chi connectivity index (χ3n) is 1.55. The molecular formula is C8H5I2N. The highest BCUT2D eigenvalue weighted by molar-refractivity contribution is 14.1. The zero-order valence-corrected chi connectivity index (χ0v) is 9.90. The molecule has 0 N–H and O–H groups in total. The molecule has 11 heavy (non-hydrogen) atoms. The van der Waals surface area contributed by atoms with E-state index in [1.807, 2.05) is 0 Å². The summed E-state index contributed by atoms with van der Waals surface area (Å²) < 4.78 is 4.73. The van der Waals surface area contributed by atoms with E-state index in [1.54, 1.807) is 0 Å². The van der Waals surface area contributed by atoms with E-state index in [9.17, 15) is 0 Å². The lowest BCUT2D eigenvalue weighted by Crippen LogP contribution is -1.81. The van der Waals surface area contributed by atoms with Gasteiger partial charge in [0.1, 0.15) is 0 Å². The fourth-order valence-electron chi connectivity index (χ4n) is 1.07. The normalized spacial score (nSPS) is 10.7. The molecular weight excluding hydrogens is 364 g/mol. The number of fused-ring (bicyclic) bond motifs is 1. The summed E-state index contributed by atoms with van der Waals surface area (Å²) in [5, 5.41) is 0. The highest BCUT2D eigenvalue weighted by atomic mass is 127.